The summed E-state index contributed by atoms with van der Waals surface area (Å²) in [7, 11) is 0. The number of nitrogens with zero attached hydrogens (tertiary/aromatic N) is 1. The van der Waals surface area contributed by atoms with Crippen molar-refractivity contribution < 1.29 is 0 Å². The lowest BCUT2D eigenvalue weighted by Gasteiger charge is -2.16. The summed E-state index contributed by atoms with van der Waals surface area (Å²) in [5.41, 5.74) is 0. The average molecular weight is 137 g/mol. The Labute approximate surface area is 63.4 Å². The van der Waals surface area contributed by atoms with E-state index in [1.165, 1.54) is 32.1 Å². The molecule has 0 N–H and O–H groups in total. The van der Waals surface area contributed by atoms with E-state index in [2.05, 4.69) is 19.2 Å². The average Bonchev–Trinajstić information content (AvgIpc) is 2.10. The SMILES string of the molecule is C#N.C=CC1CCCCC1. The minimum absolute atomic E-state index is 0.851. The summed E-state index contributed by atoms with van der Waals surface area (Å²) in [4.78, 5) is 0. The highest BCUT2D eigenvalue weighted by molar-refractivity contribution is 4.80. The molecule has 1 fully saturated rings. The normalized spacial score (nSPS) is 18.6. The third kappa shape index (κ3) is 3.29. The predicted octanol–water partition coefficient (Wildman–Crippen LogP) is 2.89. The zero-order valence-corrected chi connectivity index (χ0v) is 6.42. The Morgan fingerprint density at radius 1 is 1.20 bits per heavy atom. The lowest BCUT2D eigenvalue weighted by atomic mass is 9.90. The van der Waals surface area contributed by atoms with Crippen LogP contribution in [-0.4, -0.2) is 0 Å². The number of nitriles is 1. The molecule has 0 aromatic heterocycles. The Hall–Kier alpha value is -0.770. The topological polar surface area (TPSA) is 23.8 Å². The third-order valence-electron chi connectivity index (χ3n) is 1.98. The van der Waals surface area contributed by atoms with Crippen molar-refractivity contribution in [1.82, 2.24) is 0 Å². The fourth-order valence-electron chi connectivity index (χ4n) is 1.37. The zero-order valence-electron chi connectivity index (χ0n) is 6.42. The van der Waals surface area contributed by atoms with Crippen LogP contribution < -0.4 is 0 Å². The molecule has 56 valence electrons. The Morgan fingerprint density at radius 3 is 2.00 bits per heavy atom. The monoisotopic (exact) mass is 137 g/mol. The first-order valence-electron chi connectivity index (χ1n) is 3.82. The molecule has 0 spiro atoms. The third-order valence-corrected chi connectivity index (χ3v) is 1.98. The van der Waals surface area contributed by atoms with E-state index >= 15 is 0 Å². The first kappa shape index (κ1) is 9.23. The minimum atomic E-state index is 0.851. The van der Waals surface area contributed by atoms with Gasteiger partial charge in [-0.05, 0) is 18.8 Å². The quantitative estimate of drug-likeness (QED) is 0.510. The summed E-state index contributed by atoms with van der Waals surface area (Å²) in [6, 6.07) is 0. The van der Waals surface area contributed by atoms with Crippen molar-refractivity contribution in [3.63, 3.8) is 0 Å². The van der Waals surface area contributed by atoms with Crippen molar-refractivity contribution in [3.8, 4) is 6.57 Å². The summed E-state index contributed by atoms with van der Waals surface area (Å²) >= 11 is 0. The van der Waals surface area contributed by atoms with Crippen molar-refractivity contribution in [2.24, 2.45) is 5.92 Å². The van der Waals surface area contributed by atoms with Crippen molar-refractivity contribution in [2.75, 3.05) is 0 Å². The molecule has 1 aliphatic carbocycles. The molecule has 0 amide bonds. The smallest absolute Gasteiger partial charge is 0.0462 e. The van der Waals surface area contributed by atoms with Gasteiger partial charge in [-0.25, -0.2) is 5.26 Å². The summed E-state index contributed by atoms with van der Waals surface area (Å²) < 4.78 is 0. The van der Waals surface area contributed by atoms with Crippen LogP contribution >= 0.6 is 0 Å². The summed E-state index contributed by atoms with van der Waals surface area (Å²) in [5.74, 6) is 0.851. The lowest BCUT2D eigenvalue weighted by molar-refractivity contribution is 0.420. The van der Waals surface area contributed by atoms with Crippen LogP contribution in [0.3, 0.4) is 0 Å². The number of allylic oxidation sites excluding steroid dienone is 1. The molecule has 0 heterocycles. The predicted molar refractivity (Wildman–Crippen MR) is 43.4 cm³/mol. The molecule has 10 heavy (non-hydrogen) atoms. The molecule has 1 heteroatoms. The highest BCUT2D eigenvalue weighted by atomic mass is 14.2. The molecular formula is C9H15N. The second kappa shape index (κ2) is 6.35. The summed E-state index contributed by atoms with van der Waals surface area (Å²) in [6.45, 7) is 7.28. The van der Waals surface area contributed by atoms with Crippen LogP contribution in [0.15, 0.2) is 12.7 Å². The maximum Gasteiger partial charge on any atom is 0.0462 e. The second-order valence-corrected chi connectivity index (χ2v) is 2.63. The highest BCUT2D eigenvalue weighted by Gasteiger charge is 2.07. The van der Waals surface area contributed by atoms with Crippen molar-refractivity contribution in [3.05, 3.63) is 12.7 Å². The van der Waals surface area contributed by atoms with Gasteiger partial charge in [0.15, 0.2) is 0 Å². The van der Waals surface area contributed by atoms with Gasteiger partial charge in [-0.15, -0.1) is 6.58 Å². The van der Waals surface area contributed by atoms with E-state index in [-0.39, 0.29) is 0 Å². The Morgan fingerprint density at radius 2 is 1.70 bits per heavy atom. The Kier molecular flexibility index (Phi) is 5.86. The van der Waals surface area contributed by atoms with Crippen LogP contribution in [0, 0.1) is 17.8 Å². The van der Waals surface area contributed by atoms with Gasteiger partial charge in [0.05, 0.1) is 0 Å². The summed E-state index contributed by atoms with van der Waals surface area (Å²) in [6.07, 6.45) is 9.20. The van der Waals surface area contributed by atoms with Gasteiger partial charge in [0.1, 0.15) is 0 Å². The molecule has 0 aromatic rings. The van der Waals surface area contributed by atoms with Gasteiger partial charge in [-0.2, -0.15) is 0 Å². The van der Waals surface area contributed by atoms with Gasteiger partial charge in [0.2, 0.25) is 0 Å². The molecule has 0 bridgehead atoms. The molecular weight excluding hydrogens is 122 g/mol. The van der Waals surface area contributed by atoms with Crippen molar-refractivity contribution in [2.45, 2.75) is 32.1 Å². The van der Waals surface area contributed by atoms with E-state index in [0.717, 1.165) is 5.92 Å². The maximum atomic E-state index is 6.50. The van der Waals surface area contributed by atoms with Gasteiger partial charge in [0.25, 0.3) is 0 Å². The van der Waals surface area contributed by atoms with E-state index in [9.17, 15) is 0 Å². The molecule has 0 aromatic carbocycles. The Bertz CT molecular complexity index is 98.5. The number of hydrogen-bond acceptors (Lipinski definition) is 1. The Balaban J connectivity index is 0.000000371. The molecule has 1 nitrogen and oxygen atoms in total. The molecule has 0 saturated heterocycles. The fourth-order valence-corrected chi connectivity index (χ4v) is 1.37. The standard InChI is InChI=1S/C8H14.CHN/c1-2-8-6-4-3-5-7-8;1-2/h2,8H,1,3-7H2;1H. The van der Waals surface area contributed by atoms with E-state index in [1.807, 2.05) is 0 Å². The van der Waals surface area contributed by atoms with Crippen LogP contribution in [-0.2, 0) is 0 Å². The van der Waals surface area contributed by atoms with Gasteiger partial charge < -0.3 is 0 Å². The first-order chi connectivity index (χ1) is 4.93. The van der Waals surface area contributed by atoms with E-state index in [0.29, 0.717) is 0 Å². The van der Waals surface area contributed by atoms with Crippen LogP contribution in [0.4, 0.5) is 0 Å². The molecule has 0 unspecified atom stereocenters. The number of rotatable bonds is 1. The van der Waals surface area contributed by atoms with Gasteiger partial charge >= 0.3 is 0 Å². The minimum Gasteiger partial charge on any atom is -0.202 e. The maximum absolute atomic E-state index is 6.50. The molecule has 1 rings (SSSR count). The van der Waals surface area contributed by atoms with Crippen LogP contribution in [0.5, 0.6) is 0 Å². The van der Waals surface area contributed by atoms with E-state index < -0.39 is 0 Å². The van der Waals surface area contributed by atoms with Crippen molar-refractivity contribution in [1.29, 1.82) is 5.26 Å². The molecule has 0 aliphatic heterocycles. The van der Waals surface area contributed by atoms with Gasteiger partial charge in [-0.1, -0.05) is 25.3 Å². The lowest BCUT2D eigenvalue weighted by Crippen LogP contribution is -2.01. The molecule has 0 atom stereocenters. The number of hydrogen-bond donors (Lipinski definition) is 0. The molecule has 1 aliphatic rings. The molecule has 0 radical (unpaired) electrons. The summed E-state index contributed by atoms with van der Waals surface area (Å²) in [5, 5.41) is 6.50. The zero-order chi connectivity index (χ0) is 7.82. The van der Waals surface area contributed by atoms with Crippen molar-refractivity contribution >= 4 is 0 Å². The molecule has 1 saturated carbocycles. The van der Waals surface area contributed by atoms with Crippen LogP contribution in [0.25, 0.3) is 0 Å². The van der Waals surface area contributed by atoms with E-state index in [1.54, 1.807) is 0 Å². The largest absolute Gasteiger partial charge is 0.202 e. The fraction of sp³-hybridized carbons (Fsp3) is 0.667. The van der Waals surface area contributed by atoms with E-state index in [4.69, 9.17) is 5.26 Å². The van der Waals surface area contributed by atoms with Gasteiger partial charge in [0, 0.05) is 6.57 Å². The van der Waals surface area contributed by atoms with Gasteiger partial charge in [-0.3, -0.25) is 0 Å². The highest BCUT2D eigenvalue weighted by Crippen LogP contribution is 2.23. The second-order valence-electron chi connectivity index (χ2n) is 2.63. The van der Waals surface area contributed by atoms with Crippen LogP contribution in [0.1, 0.15) is 32.1 Å². The first-order valence-corrected chi connectivity index (χ1v) is 3.82. The van der Waals surface area contributed by atoms with Crippen LogP contribution in [0.2, 0.25) is 0 Å².